The van der Waals surface area contributed by atoms with Gasteiger partial charge in [0.2, 0.25) is 0 Å². The molecule has 0 aliphatic heterocycles. The van der Waals surface area contributed by atoms with Gasteiger partial charge in [-0.1, -0.05) is 0 Å². The third kappa shape index (κ3) is 1.80. The molecule has 1 aromatic carbocycles. The van der Waals surface area contributed by atoms with E-state index in [-0.39, 0.29) is 4.90 Å². The Morgan fingerprint density at radius 3 is 1.93 bits per heavy atom. The molecule has 0 fully saturated rings. The fourth-order valence-corrected chi connectivity index (χ4v) is 2.26. The van der Waals surface area contributed by atoms with Crippen LogP contribution in [0.25, 0.3) is 0 Å². The first-order chi connectivity index (χ1) is 6.25. The Hall–Kier alpha value is -0.900. The number of hydrogen-bond acceptors (Lipinski definition) is 2. The van der Waals surface area contributed by atoms with Crippen molar-refractivity contribution in [2.24, 2.45) is 0 Å². The Kier molecular flexibility index (Phi) is 2.67. The van der Waals surface area contributed by atoms with Crippen LogP contribution in [0.4, 0.5) is 3.89 Å². The summed E-state index contributed by atoms with van der Waals surface area (Å²) in [5.41, 5.74) is 3.14. The Morgan fingerprint density at radius 2 is 1.50 bits per heavy atom. The average molecular weight is 216 g/mol. The van der Waals surface area contributed by atoms with Crippen LogP contribution >= 0.6 is 0 Å². The minimum absolute atomic E-state index is 0.210. The van der Waals surface area contributed by atoms with E-state index < -0.39 is 10.2 Å². The van der Waals surface area contributed by atoms with Crippen LogP contribution < -0.4 is 0 Å². The number of hydrogen-bond donors (Lipinski definition) is 0. The SMILES string of the molecule is Cc1cc(S(=O)(=O)F)c(C)c(C)c1C. The van der Waals surface area contributed by atoms with Gasteiger partial charge in [0, 0.05) is 0 Å². The highest BCUT2D eigenvalue weighted by atomic mass is 32.3. The van der Waals surface area contributed by atoms with E-state index in [1.54, 1.807) is 20.8 Å². The fraction of sp³-hybridized carbons (Fsp3) is 0.400. The zero-order valence-electron chi connectivity index (χ0n) is 8.68. The summed E-state index contributed by atoms with van der Waals surface area (Å²) in [7, 11) is -4.60. The first kappa shape index (κ1) is 11.2. The molecule has 0 aliphatic rings. The molecule has 0 unspecified atom stereocenters. The zero-order chi connectivity index (χ0) is 11.1. The van der Waals surface area contributed by atoms with Crippen molar-refractivity contribution >= 4 is 10.2 Å². The van der Waals surface area contributed by atoms with E-state index in [4.69, 9.17) is 0 Å². The average Bonchev–Trinajstić information content (AvgIpc) is 2.06. The topological polar surface area (TPSA) is 34.1 Å². The number of aryl methyl sites for hydroxylation is 1. The van der Waals surface area contributed by atoms with E-state index in [0.717, 1.165) is 16.7 Å². The molecule has 0 bridgehead atoms. The molecule has 0 saturated carbocycles. The lowest BCUT2D eigenvalue weighted by Crippen LogP contribution is -2.01. The third-order valence-corrected chi connectivity index (χ3v) is 3.65. The Balaban J connectivity index is 3.66. The quantitative estimate of drug-likeness (QED) is 0.676. The summed E-state index contributed by atoms with van der Waals surface area (Å²) in [6.07, 6.45) is 0. The molecule has 1 rings (SSSR count). The van der Waals surface area contributed by atoms with Crippen molar-refractivity contribution in [3.05, 3.63) is 28.3 Å². The fourth-order valence-electron chi connectivity index (χ4n) is 1.43. The molecule has 0 N–H and O–H groups in total. The van der Waals surface area contributed by atoms with Crippen molar-refractivity contribution in [3.8, 4) is 0 Å². The summed E-state index contributed by atoms with van der Waals surface area (Å²) in [5.74, 6) is 0. The summed E-state index contributed by atoms with van der Waals surface area (Å²) in [4.78, 5) is -0.210. The van der Waals surface area contributed by atoms with E-state index in [1.165, 1.54) is 6.07 Å². The van der Waals surface area contributed by atoms with Crippen LogP contribution in [0.15, 0.2) is 11.0 Å². The van der Waals surface area contributed by atoms with Gasteiger partial charge in [0.15, 0.2) is 0 Å². The van der Waals surface area contributed by atoms with Crippen LogP contribution in [0.3, 0.4) is 0 Å². The van der Waals surface area contributed by atoms with Gasteiger partial charge < -0.3 is 0 Å². The minimum atomic E-state index is -4.60. The predicted molar refractivity (Wildman–Crippen MR) is 53.7 cm³/mol. The van der Waals surface area contributed by atoms with Crippen LogP contribution in [0.1, 0.15) is 22.3 Å². The van der Waals surface area contributed by atoms with Crippen molar-refractivity contribution in [1.29, 1.82) is 0 Å². The second-order valence-electron chi connectivity index (χ2n) is 3.50. The van der Waals surface area contributed by atoms with Gasteiger partial charge in [0.05, 0.1) is 0 Å². The van der Waals surface area contributed by atoms with E-state index in [1.807, 2.05) is 6.92 Å². The van der Waals surface area contributed by atoms with Gasteiger partial charge in [0.1, 0.15) is 4.90 Å². The largest absolute Gasteiger partial charge is 0.332 e. The van der Waals surface area contributed by atoms with E-state index in [2.05, 4.69) is 0 Å². The van der Waals surface area contributed by atoms with E-state index in [9.17, 15) is 12.3 Å². The molecule has 0 atom stereocenters. The highest BCUT2D eigenvalue weighted by Gasteiger charge is 2.18. The Bertz CT molecular complexity index is 475. The van der Waals surface area contributed by atoms with Crippen molar-refractivity contribution < 1.29 is 12.3 Å². The van der Waals surface area contributed by atoms with E-state index in [0.29, 0.717) is 5.56 Å². The standard InChI is InChI=1S/C10H13FO2S/c1-6-5-10(14(11,12)13)9(4)8(3)7(6)2/h5H,1-4H3. The summed E-state index contributed by atoms with van der Waals surface area (Å²) in [6, 6.07) is 1.38. The molecule has 0 heterocycles. The normalized spacial score (nSPS) is 11.8. The van der Waals surface area contributed by atoms with Gasteiger partial charge >= 0.3 is 10.2 Å². The van der Waals surface area contributed by atoms with Crippen LogP contribution in [-0.2, 0) is 10.2 Å². The Labute approximate surface area is 84.0 Å². The first-order valence-corrected chi connectivity index (χ1v) is 5.65. The monoisotopic (exact) mass is 216 g/mol. The van der Waals surface area contributed by atoms with Gasteiger partial charge in [-0.2, -0.15) is 8.42 Å². The van der Waals surface area contributed by atoms with Crippen LogP contribution in [0.2, 0.25) is 0 Å². The number of halogens is 1. The maximum Gasteiger partial charge on any atom is 0.332 e. The van der Waals surface area contributed by atoms with Crippen molar-refractivity contribution in [1.82, 2.24) is 0 Å². The van der Waals surface area contributed by atoms with Crippen LogP contribution in [0.5, 0.6) is 0 Å². The second kappa shape index (κ2) is 3.35. The number of rotatable bonds is 1. The summed E-state index contributed by atoms with van der Waals surface area (Å²) in [5, 5.41) is 0. The van der Waals surface area contributed by atoms with Gasteiger partial charge in [-0.3, -0.25) is 0 Å². The lowest BCUT2D eigenvalue weighted by molar-refractivity contribution is 0.551. The van der Waals surface area contributed by atoms with Crippen LogP contribution in [-0.4, -0.2) is 8.42 Å². The highest BCUT2D eigenvalue weighted by Crippen LogP contribution is 2.25. The molecule has 0 radical (unpaired) electrons. The van der Waals surface area contributed by atoms with Gasteiger partial charge in [-0.25, -0.2) is 0 Å². The molecule has 2 nitrogen and oxygen atoms in total. The summed E-state index contributed by atoms with van der Waals surface area (Å²) >= 11 is 0. The van der Waals surface area contributed by atoms with Crippen molar-refractivity contribution in [3.63, 3.8) is 0 Å². The molecule has 0 spiro atoms. The molecule has 0 aromatic heterocycles. The van der Waals surface area contributed by atoms with Gasteiger partial charge in [0.25, 0.3) is 0 Å². The summed E-state index contributed by atoms with van der Waals surface area (Å²) < 4.78 is 34.5. The molecule has 14 heavy (non-hydrogen) atoms. The smallest absolute Gasteiger partial charge is 0.189 e. The van der Waals surface area contributed by atoms with E-state index >= 15 is 0 Å². The second-order valence-corrected chi connectivity index (χ2v) is 4.82. The zero-order valence-corrected chi connectivity index (χ0v) is 9.50. The molecular weight excluding hydrogens is 203 g/mol. The summed E-state index contributed by atoms with van der Waals surface area (Å²) in [6.45, 7) is 7.09. The molecule has 1 aromatic rings. The minimum Gasteiger partial charge on any atom is -0.189 e. The molecular formula is C10H13FO2S. The number of benzene rings is 1. The maximum absolute atomic E-state index is 12.8. The lowest BCUT2D eigenvalue weighted by Gasteiger charge is -2.11. The van der Waals surface area contributed by atoms with Gasteiger partial charge in [-0.15, -0.1) is 3.89 Å². The Morgan fingerprint density at radius 1 is 1.00 bits per heavy atom. The van der Waals surface area contributed by atoms with Gasteiger partial charge in [-0.05, 0) is 56.0 Å². The lowest BCUT2D eigenvalue weighted by atomic mass is 10.00. The highest BCUT2D eigenvalue weighted by molar-refractivity contribution is 7.86. The van der Waals surface area contributed by atoms with Crippen molar-refractivity contribution in [2.45, 2.75) is 32.6 Å². The maximum atomic E-state index is 12.8. The molecule has 0 saturated heterocycles. The first-order valence-electron chi connectivity index (χ1n) is 4.27. The molecule has 0 amide bonds. The third-order valence-electron chi connectivity index (χ3n) is 2.70. The predicted octanol–water partition coefficient (Wildman–Crippen LogP) is 2.58. The molecule has 4 heteroatoms. The molecule has 0 aliphatic carbocycles. The van der Waals surface area contributed by atoms with Crippen LogP contribution in [0, 0.1) is 27.7 Å². The van der Waals surface area contributed by atoms with Crippen molar-refractivity contribution in [2.75, 3.05) is 0 Å². The molecule has 78 valence electrons.